The molecule has 2 aliphatic rings. The second kappa shape index (κ2) is 2.81. The Morgan fingerprint density at radius 2 is 2.25 bits per heavy atom. The summed E-state index contributed by atoms with van der Waals surface area (Å²) < 4.78 is 5.57. The van der Waals surface area contributed by atoms with Gasteiger partial charge in [-0.2, -0.15) is 0 Å². The molecular weight excluding hydrogens is 148 g/mol. The molecule has 0 aromatic carbocycles. The Balaban J connectivity index is 2.43. The van der Waals surface area contributed by atoms with Crippen LogP contribution in [-0.2, 0) is 4.74 Å². The molecule has 0 unspecified atom stereocenters. The lowest BCUT2D eigenvalue weighted by atomic mass is 9.97. The van der Waals surface area contributed by atoms with Crippen LogP contribution in [0.5, 0.6) is 0 Å². The lowest BCUT2D eigenvalue weighted by Gasteiger charge is -2.20. The van der Waals surface area contributed by atoms with E-state index in [9.17, 15) is 0 Å². The molecule has 1 aliphatic carbocycles. The van der Waals surface area contributed by atoms with Gasteiger partial charge in [0.05, 0.1) is 6.61 Å². The summed E-state index contributed by atoms with van der Waals surface area (Å²) in [4.78, 5) is 0. The standard InChI is InChI=1S/C11H14O/c1-8(2)9-6-7-12-11-5-3-4-10(9)11/h3-4H,5-7H2,1-2H3. The van der Waals surface area contributed by atoms with Crippen LogP contribution in [0.25, 0.3) is 0 Å². The van der Waals surface area contributed by atoms with Gasteiger partial charge in [0.2, 0.25) is 0 Å². The van der Waals surface area contributed by atoms with E-state index in [0.29, 0.717) is 0 Å². The lowest BCUT2D eigenvalue weighted by molar-refractivity contribution is 0.200. The summed E-state index contributed by atoms with van der Waals surface area (Å²) in [6, 6.07) is 0. The molecule has 0 atom stereocenters. The fourth-order valence-electron chi connectivity index (χ4n) is 1.82. The molecule has 0 radical (unpaired) electrons. The molecule has 0 amide bonds. The van der Waals surface area contributed by atoms with Gasteiger partial charge in [-0.1, -0.05) is 17.7 Å². The summed E-state index contributed by atoms with van der Waals surface area (Å²) in [6.07, 6.45) is 6.44. The fourth-order valence-corrected chi connectivity index (χ4v) is 1.82. The van der Waals surface area contributed by atoms with Gasteiger partial charge in [0.1, 0.15) is 5.76 Å². The Morgan fingerprint density at radius 1 is 1.42 bits per heavy atom. The van der Waals surface area contributed by atoms with Gasteiger partial charge in [0, 0.05) is 18.4 Å². The monoisotopic (exact) mass is 162 g/mol. The molecule has 2 rings (SSSR count). The Bertz CT molecular complexity index is 288. The van der Waals surface area contributed by atoms with Crippen molar-refractivity contribution in [1.82, 2.24) is 0 Å². The summed E-state index contributed by atoms with van der Waals surface area (Å²) in [6.45, 7) is 5.22. The molecule has 0 N–H and O–H groups in total. The van der Waals surface area contributed by atoms with Crippen LogP contribution in [0.15, 0.2) is 34.6 Å². The van der Waals surface area contributed by atoms with E-state index < -0.39 is 0 Å². The predicted molar refractivity (Wildman–Crippen MR) is 49.7 cm³/mol. The van der Waals surface area contributed by atoms with E-state index in [2.05, 4.69) is 26.0 Å². The Kier molecular flexibility index (Phi) is 1.80. The fraction of sp³-hybridized carbons (Fsp3) is 0.455. The first-order chi connectivity index (χ1) is 5.79. The molecule has 1 nitrogen and oxygen atoms in total. The third-order valence-electron chi connectivity index (χ3n) is 2.45. The maximum Gasteiger partial charge on any atom is 0.107 e. The van der Waals surface area contributed by atoms with Gasteiger partial charge in [-0.3, -0.25) is 0 Å². The third-order valence-corrected chi connectivity index (χ3v) is 2.45. The first-order valence-corrected chi connectivity index (χ1v) is 4.48. The van der Waals surface area contributed by atoms with Gasteiger partial charge in [0.25, 0.3) is 0 Å². The van der Waals surface area contributed by atoms with Gasteiger partial charge < -0.3 is 4.74 Å². The zero-order valence-corrected chi connectivity index (χ0v) is 7.68. The largest absolute Gasteiger partial charge is 0.497 e. The summed E-state index contributed by atoms with van der Waals surface area (Å²) in [5.74, 6) is 1.18. The van der Waals surface area contributed by atoms with E-state index in [1.54, 1.807) is 0 Å². The van der Waals surface area contributed by atoms with Crippen LogP contribution in [0.4, 0.5) is 0 Å². The quantitative estimate of drug-likeness (QED) is 0.532. The number of allylic oxidation sites excluding steroid dienone is 4. The lowest BCUT2D eigenvalue weighted by Crippen LogP contribution is -2.07. The van der Waals surface area contributed by atoms with Crippen LogP contribution in [0.3, 0.4) is 0 Å². The molecule has 64 valence electrons. The van der Waals surface area contributed by atoms with E-state index in [4.69, 9.17) is 4.74 Å². The molecule has 1 aliphatic heterocycles. The highest BCUT2D eigenvalue weighted by Gasteiger charge is 2.19. The van der Waals surface area contributed by atoms with E-state index >= 15 is 0 Å². The molecule has 0 aromatic rings. The van der Waals surface area contributed by atoms with Crippen LogP contribution in [0.2, 0.25) is 0 Å². The highest BCUT2D eigenvalue weighted by Crippen LogP contribution is 2.33. The van der Waals surface area contributed by atoms with Gasteiger partial charge in [0.15, 0.2) is 0 Å². The van der Waals surface area contributed by atoms with E-state index in [1.165, 1.54) is 22.5 Å². The van der Waals surface area contributed by atoms with Crippen molar-refractivity contribution < 1.29 is 4.74 Å². The third kappa shape index (κ3) is 1.09. The maximum atomic E-state index is 5.57. The van der Waals surface area contributed by atoms with Crippen LogP contribution in [0.1, 0.15) is 26.7 Å². The van der Waals surface area contributed by atoms with E-state index in [-0.39, 0.29) is 0 Å². The van der Waals surface area contributed by atoms with Crippen molar-refractivity contribution in [2.45, 2.75) is 26.7 Å². The van der Waals surface area contributed by atoms with Crippen molar-refractivity contribution in [2.24, 2.45) is 0 Å². The van der Waals surface area contributed by atoms with Crippen LogP contribution < -0.4 is 0 Å². The molecule has 0 saturated carbocycles. The summed E-state index contributed by atoms with van der Waals surface area (Å²) in [7, 11) is 0. The minimum absolute atomic E-state index is 0.862. The van der Waals surface area contributed by atoms with Crippen molar-refractivity contribution >= 4 is 0 Å². The first-order valence-electron chi connectivity index (χ1n) is 4.48. The number of ether oxygens (including phenoxy) is 1. The molecule has 0 aromatic heterocycles. The summed E-state index contributed by atoms with van der Waals surface area (Å²) in [5, 5.41) is 0. The van der Waals surface area contributed by atoms with Gasteiger partial charge >= 0.3 is 0 Å². The van der Waals surface area contributed by atoms with Crippen LogP contribution >= 0.6 is 0 Å². The van der Waals surface area contributed by atoms with Crippen molar-refractivity contribution in [1.29, 1.82) is 0 Å². The summed E-state index contributed by atoms with van der Waals surface area (Å²) in [5.41, 5.74) is 4.27. The maximum absolute atomic E-state index is 5.57. The zero-order valence-electron chi connectivity index (χ0n) is 7.68. The predicted octanol–water partition coefficient (Wildman–Crippen LogP) is 2.96. The number of hydrogen-bond donors (Lipinski definition) is 0. The molecular formula is C11H14O. The Morgan fingerprint density at radius 3 is 3.00 bits per heavy atom. The molecule has 0 spiro atoms. The van der Waals surface area contributed by atoms with E-state index in [0.717, 1.165) is 19.4 Å². The average Bonchev–Trinajstić information content (AvgIpc) is 2.49. The van der Waals surface area contributed by atoms with Gasteiger partial charge in [-0.25, -0.2) is 0 Å². The second-order valence-electron chi connectivity index (χ2n) is 3.52. The molecule has 12 heavy (non-hydrogen) atoms. The molecule has 0 fully saturated rings. The molecule has 0 bridgehead atoms. The average molecular weight is 162 g/mol. The first kappa shape index (κ1) is 7.66. The van der Waals surface area contributed by atoms with Crippen molar-refractivity contribution in [3.05, 3.63) is 34.6 Å². The summed E-state index contributed by atoms with van der Waals surface area (Å²) >= 11 is 0. The van der Waals surface area contributed by atoms with Crippen molar-refractivity contribution in [2.75, 3.05) is 6.61 Å². The van der Waals surface area contributed by atoms with Crippen LogP contribution in [0, 0.1) is 0 Å². The van der Waals surface area contributed by atoms with Gasteiger partial charge in [-0.15, -0.1) is 0 Å². The normalized spacial score (nSPS) is 21.0. The second-order valence-corrected chi connectivity index (χ2v) is 3.52. The van der Waals surface area contributed by atoms with Gasteiger partial charge in [-0.05, 0) is 19.4 Å². The Hall–Kier alpha value is -0.980. The minimum Gasteiger partial charge on any atom is -0.497 e. The van der Waals surface area contributed by atoms with Crippen molar-refractivity contribution in [3.8, 4) is 0 Å². The van der Waals surface area contributed by atoms with Crippen LogP contribution in [-0.4, -0.2) is 6.61 Å². The van der Waals surface area contributed by atoms with Crippen molar-refractivity contribution in [3.63, 3.8) is 0 Å². The Labute approximate surface area is 73.4 Å². The zero-order chi connectivity index (χ0) is 8.55. The molecule has 1 heterocycles. The smallest absolute Gasteiger partial charge is 0.107 e. The highest BCUT2D eigenvalue weighted by molar-refractivity contribution is 5.48. The topological polar surface area (TPSA) is 9.23 Å². The SMILES string of the molecule is CC(C)=C1CCOC2=C1C=CC2. The van der Waals surface area contributed by atoms with E-state index in [1.807, 2.05) is 0 Å². The highest BCUT2D eigenvalue weighted by atomic mass is 16.5. The molecule has 1 heteroatoms. The molecule has 0 saturated heterocycles. The number of hydrogen-bond acceptors (Lipinski definition) is 1. The number of rotatable bonds is 0. The minimum atomic E-state index is 0.862.